The van der Waals surface area contributed by atoms with Crippen LogP contribution in [0.15, 0.2) is 22.7 Å². The van der Waals surface area contributed by atoms with Crippen molar-refractivity contribution < 1.29 is 8.91 Å². The molecule has 1 N–H and O–H groups in total. The number of halogens is 2. The van der Waals surface area contributed by atoms with Gasteiger partial charge in [-0.2, -0.15) is 4.98 Å². The predicted molar refractivity (Wildman–Crippen MR) is 72.3 cm³/mol. The van der Waals surface area contributed by atoms with Crippen LogP contribution < -0.4 is 5.32 Å². The third-order valence-electron chi connectivity index (χ3n) is 2.76. The Hall–Kier alpha value is -1.02. The second kappa shape index (κ2) is 4.93. The number of nitrogens with zero attached hydrogens (tertiary/aromatic N) is 2. The first kappa shape index (κ1) is 12.0. The van der Waals surface area contributed by atoms with E-state index in [1.165, 1.54) is 25.0 Å². The third kappa shape index (κ3) is 2.69. The van der Waals surface area contributed by atoms with Gasteiger partial charge in [0.25, 0.3) is 5.89 Å². The van der Waals surface area contributed by atoms with Crippen LogP contribution >= 0.6 is 22.6 Å². The fourth-order valence-corrected chi connectivity index (χ4v) is 2.33. The first-order valence-corrected chi connectivity index (χ1v) is 6.81. The van der Waals surface area contributed by atoms with Gasteiger partial charge in [0.05, 0.1) is 12.1 Å². The summed E-state index contributed by atoms with van der Waals surface area (Å²) in [6, 6.07) is 5.10. The van der Waals surface area contributed by atoms with Crippen molar-refractivity contribution in [3.8, 4) is 11.5 Å². The molecule has 1 saturated carbocycles. The van der Waals surface area contributed by atoms with Crippen molar-refractivity contribution in [3.05, 3.63) is 33.4 Å². The van der Waals surface area contributed by atoms with Gasteiger partial charge in [0.15, 0.2) is 5.82 Å². The monoisotopic (exact) mass is 359 g/mol. The Labute approximate surface area is 117 Å². The molecule has 0 amide bonds. The smallest absolute Gasteiger partial charge is 0.259 e. The van der Waals surface area contributed by atoms with E-state index >= 15 is 0 Å². The van der Waals surface area contributed by atoms with E-state index in [9.17, 15) is 4.39 Å². The summed E-state index contributed by atoms with van der Waals surface area (Å²) in [5.74, 6) is 0.808. The average Bonchev–Trinajstić information content (AvgIpc) is 3.05. The Balaban J connectivity index is 1.78. The van der Waals surface area contributed by atoms with Crippen LogP contribution in [0.25, 0.3) is 11.5 Å². The van der Waals surface area contributed by atoms with Gasteiger partial charge in [-0.1, -0.05) is 5.16 Å². The maximum atomic E-state index is 13.0. The summed E-state index contributed by atoms with van der Waals surface area (Å²) in [4.78, 5) is 4.30. The highest BCUT2D eigenvalue weighted by Crippen LogP contribution is 2.24. The van der Waals surface area contributed by atoms with Crippen molar-refractivity contribution in [2.24, 2.45) is 0 Å². The molecule has 4 nitrogen and oxygen atoms in total. The molecule has 0 atom stereocenters. The molecule has 0 aliphatic heterocycles. The molecule has 1 aliphatic carbocycles. The Morgan fingerprint density at radius 3 is 3.00 bits per heavy atom. The van der Waals surface area contributed by atoms with E-state index in [4.69, 9.17) is 4.52 Å². The van der Waals surface area contributed by atoms with Crippen molar-refractivity contribution in [2.75, 3.05) is 0 Å². The summed E-state index contributed by atoms with van der Waals surface area (Å²) in [5, 5.41) is 7.22. The van der Waals surface area contributed by atoms with Crippen LogP contribution in [0.3, 0.4) is 0 Å². The summed E-state index contributed by atoms with van der Waals surface area (Å²) < 4.78 is 19.0. The molecule has 94 valence electrons. The molecule has 2 aromatic rings. The van der Waals surface area contributed by atoms with Crippen molar-refractivity contribution in [1.29, 1.82) is 0 Å². The van der Waals surface area contributed by atoms with E-state index in [0.29, 0.717) is 24.3 Å². The first-order valence-electron chi connectivity index (χ1n) is 5.74. The van der Waals surface area contributed by atoms with Gasteiger partial charge in [-0.3, -0.25) is 0 Å². The van der Waals surface area contributed by atoms with Crippen LogP contribution in [0.1, 0.15) is 18.7 Å². The van der Waals surface area contributed by atoms with Gasteiger partial charge in [0, 0.05) is 9.61 Å². The van der Waals surface area contributed by atoms with Crippen LogP contribution in [0.5, 0.6) is 0 Å². The van der Waals surface area contributed by atoms with E-state index in [-0.39, 0.29) is 5.82 Å². The lowest BCUT2D eigenvalue weighted by Gasteiger charge is -1.98. The molecule has 0 bridgehead atoms. The van der Waals surface area contributed by atoms with Crippen LogP contribution in [0, 0.1) is 9.39 Å². The largest absolute Gasteiger partial charge is 0.334 e. The molecule has 18 heavy (non-hydrogen) atoms. The molecule has 1 aliphatic rings. The molecular weight excluding hydrogens is 348 g/mol. The Kier molecular flexibility index (Phi) is 3.29. The molecular formula is C12H11FIN3O. The van der Waals surface area contributed by atoms with Gasteiger partial charge in [-0.05, 0) is 53.6 Å². The molecule has 1 aromatic heterocycles. The zero-order valence-electron chi connectivity index (χ0n) is 9.49. The number of nitrogens with one attached hydrogen (secondary N) is 1. The van der Waals surface area contributed by atoms with Gasteiger partial charge in [0.1, 0.15) is 5.82 Å². The lowest BCUT2D eigenvalue weighted by atomic mass is 10.2. The SMILES string of the molecule is Fc1ccc(-c2nc(CNC3CC3)no2)c(I)c1. The molecule has 0 spiro atoms. The molecule has 0 unspecified atom stereocenters. The highest BCUT2D eigenvalue weighted by molar-refractivity contribution is 14.1. The predicted octanol–water partition coefficient (Wildman–Crippen LogP) is 2.73. The van der Waals surface area contributed by atoms with Gasteiger partial charge >= 0.3 is 0 Å². The fourth-order valence-electron chi connectivity index (χ4n) is 1.62. The molecule has 1 fully saturated rings. The van der Waals surface area contributed by atoms with E-state index in [0.717, 1.165) is 9.13 Å². The zero-order valence-corrected chi connectivity index (χ0v) is 11.6. The Morgan fingerprint density at radius 1 is 1.44 bits per heavy atom. The van der Waals surface area contributed by atoms with Gasteiger partial charge < -0.3 is 9.84 Å². The highest BCUT2D eigenvalue weighted by atomic mass is 127. The zero-order chi connectivity index (χ0) is 12.5. The van der Waals surface area contributed by atoms with E-state index in [1.807, 2.05) is 0 Å². The standard InChI is InChI=1S/C12H11FIN3O/c13-7-1-4-9(10(14)5-7)12-16-11(17-18-12)6-15-8-2-3-8/h1,4-5,8,15H,2-3,6H2. The number of hydrogen-bond acceptors (Lipinski definition) is 4. The number of benzene rings is 1. The van der Waals surface area contributed by atoms with E-state index in [1.54, 1.807) is 6.07 Å². The van der Waals surface area contributed by atoms with Crippen LogP contribution in [-0.4, -0.2) is 16.2 Å². The molecule has 6 heteroatoms. The van der Waals surface area contributed by atoms with Crippen molar-refractivity contribution in [2.45, 2.75) is 25.4 Å². The minimum atomic E-state index is -0.265. The lowest BCUT2D eigenvalue weighted by Crippen LogP contribution is -2.16. The highest BCUT2D eigenvalue weighted by Gasteiger charge is 2.21. The molecule has 1 heterocycles. The van der Waals surface area contributed by atoms with Gasteiger partial charge in [-0.15, -0.1) is 0 Å². The maximum Gasteiger partial charge on any atom is 0.259 e. The van der Waals surface area contributed by atoms with Crippen molar-refractivity contribution in [3.63, 3.8) is 0 Å². The number of hydrogen-bond donors (Lipinski definition) is 1. The third-order valence-corrected chi connectivity index (χ3v) is 3.65. The first-order chi connectivity index (χ1) is 8.72. The summed E-state index contributed by atoms with van der Waals surface area (Å²) in [5.41, 5.74) is 0.766. The topological polar surface area (TPSA) is 51.0 Å². The minimum Gasteiger partial charge on any atom is -0.334 e. The summed E-state index contributed by atoms with van der Waals surface area (Å²) in [6.07, 6.45) is 2.45. The van der Waals surface area contributed by atoms with Crippen LogP contribution in [-0.2, 0) is 6.54 Å². The fraction of sp³-hybridized carbons (Fsp3) is 0.333. The molecule has 1 aromatic carbocycles. The van der Waals surface area contributed by atoms with Gasteiger partial charge in [0.2, 0.25) is 0 Å². The minimum absolute atomic E-state index is 0.265. The van der Waals surface area contributed by atoms with Gasteiger partial charge in [-0.25, -0.2) is 4.39 Å². The second-order valence-electron chi connectivity index (χ2n) is 4.30. The molecule has 3 rings (SSSR count). The van der Waals surface area contributed by atoms with Crippen molar-refractivity contribution in [1.82, 2.24) is 15.5 Å². The summed E-state index contributed by atoms with van der Waals surface area (Å²) >= 11 is 2.06. The van der Waals surface area contributed by atoms with Crippen LogP contribution in [0.2, 0.25) is 0 Å². The Morgan fingerprint density at radius 2 is 2.28 bits per heavy atom. The summed E-state index contributed by atoms with van der Waals surface area (Å²) in [6.45, 7) is 0.617. The van der Waals surface area contributed by atoms with Crippen molar-refractivity contribution >= 4 is 22.6 Å². The van der Waals surface area contributed by atoms with Crippen LogP contribution in [0.4, 0.5) is 4.39 Å². The lowest BCUT2D eigenvalue weighted by molar-refractivity contribution is 0.419. The molecule has 0 radical (unpaired) electrons. The quantitative estimate of drug-likeness (QED) is 0.853. The maximum absolute atomic E-state index is 13.0. The summed E-state index contributed by atoms with van der Waals surface area (Å²) in [7, 11) is 0. The molecule has 0 saturated heterocycles. The van der Waals surface area contributed by atoms with E-state index in [2.05, 4.69) is 38.0 Å². The normalized spacial score (nSPS) is 15.0. The Bertz CT molecular complexity index is 568. The van der Waals surface area contributed by atoms with E-state index < -0.39 is 0 Å². The average molecular weight is 359 g/mol. The number of rotatable bonds is 4. The number of aromatic nitrogens is 2. The second-order valence-corrected chi connectivity index (χ2v) is 5.46.